The summed E-state index contributed by atoms with van der Waals surface area (Å²) in [4.78, 5) is 1.07. The smallest absolute Gasteiger partial charge is 0.177 e. The first kappa shape index (κ1) is 12.4. The standard InChI is InChI=1S/C12H11ClN4OS/c13-4-3-9-7-17(16-14-9)8-10-6-11(18-15-10)12-2-1-5-19-12/h1-2,5-7H,3-4,8H2. The maximum absolute atomic E-state index is 5.66. The van der Waals surface area contributed by atoms with Crippen molar-refractivity contribution in [1.29, 1.82) is 0 Å². The van der Waals surface area contributed by atoms with Gasteiger partial charge in [0.15, 0.2) is 5.76 Å². The zero-order chi connectivity index (χ0) is 13.1. The van der Waals surface area contributed by atoms with Crippen LogP contribution in [0.4, 0.5) is 0 Å². The van der Waals surface area contributed by atoms with Gasteiger partial charge in [0, 0.05) is 24.6 Å². The molecule has 0 saturated carbocycles. The van der Waals surface area contributed by atoms with Gasteiger partial charge in [0.1, 0.15) is 5.69 Å². The van der Waals surface area contributed by atoms with Crippen LogP contribution in [0.2, 0.25) is 0 Å². The molecule has 3 aromatic rings. The zero-order valence-electron chi connectivity index (χ0n) is 9.99. The van der Waals surface area contributed by atoms with E-state index in [1.807, 2.05) is 29.8 Å². The molecule has 0 amide bonds. The van der Waals surface area contributed by atoms with Crippen molar-refractivity contribution in [2.24, 2.45) is 0 Å². The molecule has 0 spiro atoms. The Morgan fingerprint density at radius 2 is 2.32 bits per heavy atom. The summed E-state index contributed by atoms with van der Waals surface area (Å²) in [7, 11) is 0. The lowest BCUT2D eigenvalue weighted by Gasteiger charge is -1.93. The van der Waals surface area contributed by atoms with Crippen LogP contribution in [-0.2, 0) is 13.0 Å². The lowest BCUT2D eigenvalue weighted by Crippen LogP contribution is -2.00. The van der Waals surface area contributed by atoms with E-state index in [4.69, 9.17) is 16.1 Å². The van der Waals surface area contributed by atoms with E-state index in [-0.39, 0.29) is 0 Å². The molecule has 0 fully saturated rings. The Morgan fingerprint density at radius 1 is 1.37 bits per heavy atom. The van der Waals surface area contributed by atoms with Crippen molar-refractivity contribution < 1.29 is 4.52 Å². The Bertz CT molecular complexity index is 646. The van der Waals surface area contributed by atoms with Crippen molar-refractivity contribution in [2.45, 2.75) is 13.0 Å². The highest BCUT2D eigenvalue weighted by Crippen LogP contribution is 2.25. The largest absolute Gasteiger partial charge is 0.355 e. The summed E-state index contributed by atoms with van der Waals surface area (Å²) >= 11 is 7.29. The first-order chi connectivity index (χ1) is 9.35. The quantitative estimate of drug-likeness (QED) is 0.679. The molecule has 0 radical (unpaired) electrons. The van der Waals surface area contributed by atoms with Gasteiger partial charge in [-0.3, -0.25) is 0 Å². The van der Waals surface area contributed by atoms with Crippen LogP contribution in [0.5, 0.6) is 0 Å². The van der Waals surface area contributed by atoms with Gasteiger partial charge in [0.05, 0.1) is 17.1 Å². The number of aromatic nitrogens is 4. The molecular formula is C12H11ClN4OS. The van der Waals surface area contributed by atoms with Gasteiger partial charge in [-0.2, -0.15) is 0 Å². The lowest BCUT2D eigenvalue weighted by molar-refractivity contribution is 0.419. The third-order valence-corrected chi connectivity index (χ3v) is 3.66. The molecule has 0 aromatic carbocycles. The second-order valence-electron chi connectivity index (χ2n) is 4.01. The Balaban J connectivity index is 1.72. The molecule has 0 aliphatic heterocycles. The molecular weight excluding hydrogens is 284 g/mol. The fourth-order valence-corrected chi connectivity index (χ4v) is 2.58. The molecule has 3 rings (SSSR count). The SMILES string of the molecule is ClCCc1cn(Cc2cc(-c3cccs3)on2)nn1. The highest BCUT2D eigenvalue weighted by Gasteiger charge is 2.09. The third kappa shape index (κ3) is 2.85. The monoisotopic (exact) mass is 294 g/mol. The van der Waals surface area contributed by atoms with Crippen molar-refractivity contribution in [1.82, 2.24) is 20.2 Å². The zero-order valence-corrected chi connectivity index (χ0v) is 11.6. The second-order valence-corrected chi connectivity index (χ2v) is 5.33. The Kier molecular flexibility index (Phi) is 3.61. The van der Waals surface area contributed by atoms with Gasteiger partial charge in [-0.05, 0) is 11.4 Å². The minimum atomic E-state index is 0.546. The van der Waals surface area contributed by atoms with E-state index in [1.165, 1.54) is 0 Å². The molecule has 0 aliphatic carbocycles. The van der Waals surface area contributed by atoms with Crippen LogP contribution in [0.25, 0.3) is 10.6 Å². The van der Waals surface area contributed by atoms with Crippen molar-refractivity contribution in [2.75, 3.05) is 5.88 Å². The summed E-state index contributed by atoms with van der Waals surface area (Å²) < 4.78 is 7.05. The van der Waals surface area contributed by atoms with E-state index in [0.29, 0.717) is 12.4 Å². The molecule has 98 valence electrons. The summed E-state index contributed by atoms with van der Waals surface area (Å²) in [6.45, 7) is 0.546. The van der Waals surface area contributed by atoms with Gasteiger partial charge >= 0.3 is 0 Å². The van der Waals surface area contributed by atoms with E-state index in [0.717, 1.165) is 28.4 Å². The Hall–Kier alpha value is -1.66. The van der Waals surface area contributed by atoms with Crippen LogP contribution in [-0.4, -0.2) is 26.0 Å². The Labute approximate surface area is 118 Å². The van der Waals surface area contributed by atoms with Crippen molar-refractivity contribution in [3.8, 4) is 10.6 Å². The molecule has 0 aliphatic rings. The van der Waals surface area contributed by atoms with Gasteiger partial charge in [0.25, 0.3) is 0 Å². The normalized spacial score (nSPS) is 11.0. The molecule has 0 atom stereocenters. The molecule has 19 heavy (non-hydrogen) atoms. The summed E-state index contributed by atoms with van der Waals surface area (Å²) in [5.74, 6) is 1.33. The highest BCUT2D eigenvalue weighted by molar-refractivity contribution is 7.13. The van der Waals surface area contributed by atoms with Crippen LogP contribution in [0.15, 0.2) is 34.3 Å². The number of hydrogen-bond acceptors (Lipinski definition) is 5. The van der Waals surface area contributed by atoms with E-state index >= 15 is 0 Å². The molecule has 3 heterocycles. The van der Waals surface area contributed by atoms with Gasteiger partial charge in [-0.25, -0.2) is 4.68 Å². The predicted octanol–water partition coefficient (Wildman–Crippen LogP) is 2.82. The topological polar surface area (TPSA) is 56.7 Å². The molecule has 0 unspecified atom stereocenters. The van der Waals surface area contributed by atoms with Crippen LogP contribution in [0.3, 0.4) is 0 Å². The Morgan fingerprint density at radius 3 is 3.11 bits per heavy atom. The molecule has 5 nitrogen and oxygen atoms in total. The van der Waals surface area contributed by atoms with Crippen molar-refractivity contribution in [3.05, 3.63) is 41.2 Å². The minimum Gasteiger partial charge on any atom is -0.355 e. The molecule has 3 aromatic heterocycles. The number of thiophene rings is 1. The van der Waals surface area contributed by atoms with Gasteiger partial charge < -0.3 is 4.52 Å². The van der Waals surface area contributed by atoms with Gasteiger partial charge in [0.2, 0.25) is 0 Å². The molecule has 0 saturated heterocycles. The van der Waals surface area contributed by atoms with Crippen LogP contribution >= 0.6 is 22.9 Å². The van der Waals surface area contributed by atoms with Gasteiger partial charge in [-0.1, -0.05) is 16.4 Å². The fourth-order valence-electron chi connectivity index (χ4n) is 1.71. The lowest BCUT2D eigenvalue weighted by atomic mass is 10.3. The summed E-state index contributed by atoms with van der Waals surface area (Å²) in [6, 6.07) is 5.91. The van der Waals surface area contributed by atoms with E-state index in [1.54, 1.807) is 16.0 Å². The predicted molar refractivity (Wildman–Crippen MR) is 73.4 cm³/mol. The highest BCUT2D eigenvalue weighted by atomic mass is 35.5. The van der Waals surface area contributed by atoms with Crippen LogP contribution < -0.4 is 0 Å². The molecule has 0 N–H and O–H groups in total. The number of alkyl halides is 1. The molecule has 7 heteroatoms. The summed E-state index contributed by atoms with van der Waals surface area (Å²) in [6.07, 6.45) is 2.60. The van der Waals surface area contributed by atoms with Crippen LogP contribution in [0.1, 0.15) is 11.4 Å². The number of nitrogens with zero attached hydrogens (tertiary/aromatic N) is 4. The number of rotatable bonds is 5. The third-order valence-electron chi connectivity index (χ3n) is 2.58. The maximum Gasteiger partial charge on any atom is 0.177 e. The van der Waals surface area contributed by atoms with Gasteiger partial charge in [-0.15, -0.1) is 28.0 Å². The van der Waals surface area contributed by atoms with Crippen LogP contribution in [0, 0.1) is 0 Å². The number of aryl methyl sites for hydroxylation is 1. The fraction of sp³-hybridized carbons (Fsp3) is 0.250. The van der Waals surface area contributed by atoms with Crippen molar-refractivity contribution >= 4 is 22.9 Å². The number of hydrogen-bond donors (Lipinski definition) is 0. The molecule has 0 bridgehead atoms. The van der Waals surface area contributed by atoms with E-state index in [9.17, 15) is 0 Å². The van der Waals surface area contributed by atoms with Crippen molar-refractivity contribution in [3.63, 3.8) is 0 Å². The summed E-state index contributed by atoms with van der Waals surface area (Å²) in [5, 5.41) is 14.1. The first-order valence-corrected chi connectivity index (χ1v) is 7.21. The average Bonchev–Trinajstić information content (AvgIpc) is 3.10. The summed E-state index contributed by atoms with van der Waals surface area (Å²) in [5.41, 5.74) is 1.71. The second kappa shape index (κ2) is 5.54. The number of halogens is 1. The minimum absolute atomic E-state index is 0.546. The average molecular weight is 295 g/mol. The first-order valence-electron chi connectivity index (χ1n) is 5.79. The van der Waals surface area contributed by atoms with E-state index in [2.05, 4.69) is 15.5 Å². The van der Waals surface area contributed by atoms with E-state index < -0.39 is 0 Å². The maximum atomic E-state index is 5.66.